The minimum atomic E-state index is -1.04. The third-order valence-electron chi connectivity index (χ3n) is 4.29. The number of hydrogen-bond donors (Lipinski definition) is 4. The predicted octanol–water partition coefficient (Wildman–Crippen LogP) is 3.96. The highest BCUT2D eigenvalue weighted by molar-refractivity contribution is 7.14. The standard InChI is InChI=1S/C22H22N4O5S/c1-2-18(20(28)29)31-16-10-8-15(9-11-16)24-19(27)17-13-32-22(25-17)26-21(30)23-12-14-6-4-3-5-7-14/h3-11,13,18H,2,12H2,1H3,(H,24,27)(H,28,29)(H2,23,25,26,30). The van der Waals surface area contributed by atoms with Crippen LogP contribution in [-0.2, 0) is 11.3 Å². The van der Waals surface area contributed by atoms with Crippen molar-refractivity contribution < 1.29 is 24.2 Å². The number of carboxylic acid groups (broad SMARTS) is 1. The van der Waals surface area contributed by atoms with Gasteiger partial charge >= 0.3 is 12.0 Å². The number of amides is 3. The summed E-state index contributed by atoms with van der Waals surface area (Å²) >= 11 is 1.13. The van der Waals surface area contributed by atoms with E-state index in [0.717, 1.165) is 16.9 Å². The highest BCUT2D eigenvalue weighted by Gasteiger charge is 2.17. The number of nitrogens with zero attached hydrogens (tertiary/aromatic N) is 1. The van der Waals surface area contributed by atoms with Crippen LogP contribution in [0.1, 0.15) is 29.4 Å². The minimum absolute atomic E-state index is 0.158. The lowest BCUT2D eigenvalue weighted by molar-refractivity contribution is -0.145. The zero-order chi connectivity index (χ0) is 22.9. The molecule has 0 saturated carbocycles. The van der Waals surface area contributed by atoms with Gasteiger partial charge in [-0.25, -0.2) is 14.6 Å². The molecule has 166 valence electrons. The van der Waals surface area contributed by atoms with Gasteiger partial charge in [0.25, 0.3) is 5.91 Å². The number of carboxylic acids is 1. The Hall–Kier alpha value is -3.92. The second-order valence-electron chi connectivity index (χ2n) is 6.66. The number of thiazole rings is 1. The number of urea groups is 1. The third kappa shape index (κ3) is 6.54. The molecule has 0 aliphatic carbocycles. The monoisotopic (exact) mass is 454 g/mol. The Morgan fingerprint density at radius 1 is 1.06 bits per heavy atom. The van der Waals surface area contributed by atoms with Gasteiger partial charge in [0.05, 0.1) is 0 Å². The Bertz CT molecular complexity index is 1070. The van der Waals surface area contributed by atoms with Gasteiger partial charge in [0.15, 0.2) is 11.2 Å². The molecule has 0 aliphatic rings. The zero-order valence-corrected chi connectivity index (χ0v) is 18.0. The van der Waals surface area contributed by atoms with E-state index >= 15 is 0 Å². The Morgan fingerprint density at radius 3 is 2.44 bits per heavy atom. The summed E-state index contributed by atoms with van der Waals surface area (Å²) in [4.78, 5) is 39.6. The first kappa shape index (κ1) is 22.8. The number of aromatic nitrogens is 1. The van der Waals surface area contributed by atoms with Crippen LogP contribution in [0.3, 0.4) is 0 Å². The molecule has 1 atom stereocenters. The molecule has 0 radical (unpaired) electrons. The van der Waals surface area contributed by atoms with E-state index in [1.165, 1.54) is 0 Å². The van der Waals surface area contributed by atoms with Crippen molar-refractivity contribution in [2.24, 2.45) is 0 Å². The van der Waals surface area contributed by atoms with Crippen molar-refractivity contribution in [3.05, 3.63) is 71.2 Å². The van der Waals surface area contributed by atoms with E-state index in [0.29, 0.717) is 29.5 Å². The van der Waals surface area contributed by atoms with Crippen LogP contribution in [-0.4, -0.2) is 34.1 Å². The van der Waals surface area contributed by atoms with Crippen LogP contribution in [0.2, 0.25) is 0 Å². The first-order valence-corrected chi connectivity index (χ1v) is 10.7. The van der Waals surface area contributed by atoms with Gasteiger partial charge in [-0.15, -0.1) is 11.3 Å². The van der Waals surface area contributed by atoms with Gasteiger partial charge in [0.2, 0.25) is 0 Å². The summed E-state index contributed by atoms with van der Waals surface area (Å²) in [6, 6.07) is 15.4. The number of carbonyl (C=O) groups excluding carboxylic acids is 2. The number of anilines is 2. The molecule has 10 heteroatoms. The fourth-order valence-corrected chi connectivity index (χ4v) is 3.33. The quantitative estimate of drug-likeness (QED) is 0.387. The van der Waals surface area contributed by atoms with Crippen molar-refractivity contribution in [2.45, 2.75) is 26.0 Å². The average Bonchev–Trinajstić information content (AvgIpc) is 3.26. The molecule has 9 nitrogen and oxygen atoms in total. The zero-order valence-electron chi connectivity index (χ0n) is 17.2. The second-order valence-corrected chi connectivity index (χ2v) is 7.52. The average molecular weight is 455 g/mol. The minimum Gasteiger partial charge on any atom is -0.479 e. The topological polar surface area (TPSA) is 130 Å². The molecule has 0 spiro atoms. The van der Waals surface area contributed by atoms with Gasteiger partial charge in [-0.3, -0.25) is 10.1 Å². The van der Waals surface area contributed by atoms with Crippen molar-refractivity contribution in [3.63, 3.8) is 0 Å². The lowest BCUT2D eigenvalue weighted by Crippen LogP contribution is -2.28. The van der Waals surface area contributed by atoms with Crippen LogP contribution >= 0.6 is 11.3 Å². The lowest BCUT2D eigenvalue weighted by atomic mass is 10.2. The molecule has 0 bridgehead atoms. The van der Waals surface area contributed by atoms with Crippen molar-refractivity contribution >= 4 is 40.1 Å². The first-order chi connectivity index (χ1) is 15.4. The van der Waals surface area contributed by atoms with Crippen LogP contribution in [0, 0.1) is 0 Å². The molecule has 0 saturated heterocycles. The van der Waals surface area contributed by atoms with Gasteiger partial charge < -0.3 is 20.5 Å². The summed E-state index contributed by atoms with van der Waals surface area (Å²) in [5.74, 6) is -1.09. The van der Waals surface area contributed by atoms with E-state index in [2.05, 4.69) is 20.9 Å². The van der Waals surface area contributed by atoms with E-state index in [4.69, 9.17) is 9.84 Å². The molecule has 1 heterocycles. The van der Waals surface area contributed by atoms with Crippen LogP contribution < -0.4 is 20.7 Å². The van der Waals surface area contributed by atoms with Gasteiger partial charge in [-0.05, 0) is 36.2 Å². The van der Waals surface area contributed by atoms with Crippen LogP contribution in [0.4, 0.5) is 15.6 Å². The molecule has 3 rings (SSSR count). The summed E-state index contributed by atoms with van der Waals surface area (Å²) in [5, 5.41) is 18.9. The lowest BCUT2D eigenvalue weighted by Gasteiger charge is -2.13. The van der Waals surface area contributed by atoms with Gasteiger partial charge in [-0.2, -0.15) is 0 Å². The maximum absolute atomic E-state index is 12.4. The highest BCUT2D eigenvalue weighted by atomic mass is 32.1. The molecule has 4 N–H and O–H groups in total. The third-order valence-corrected chi connectivity index (χ3v) is 5.05. The second kappa shape index (κ2) is 10.9. The molecule has 1 aromatic heterocycles. The SMILES string of the molecule is CCC(Oc1ccc(NC(=O)c2csc(NC(=O)NCc3ccccc3)n2)cc1)C(=O)O. The summed E-state index contributed by atoms with van der Waals surface area (Å²) in [6.45, 7) is 2.09. The van der Waals surface area contributed by atoms with Crippen molar-refractivity contribution in [2.75, 3.05) is 10.6 Å². The van der Waals surface area contributed by atoms with Crippen molar-refractivity contribution in [1.29, 1.82) is 0 Å². The Balaban J connectivity index is 1.50. The number of hydrogen-bond acceptors (Lipinski definition) is 6. The molecule has 0 aliphatic heterocycles. The molecule has 3 amide bonds. The highest BCUT2D eigenvalue weighted by Crippen LogP contribution is 2.20. The number of aliphatic carboxylic acids is 1. The van der Waals surface area contributed by atoms with E-state index in [9.17, 15) is 14.4 Å². The molecule has 0 fully saturated rings. The number of rotatable bonds is 9. The van der Waals surface area contributed by atoms with Crippen LogP contribution in [0.5, 0.6) is 5.75 Å². The maximum Gasteiger partial charge on any atom is 0.344 e. The first-order valence-electron chi connectivity index (χ1n) is 9.79. The molecule has 2 aromatic carbocycles. The Kier molecular flexibility index (Phi) is 7.76. The number of nitrogens with one attached hydrogen (secondary N) is 3. The Morgan fingerprint density at radius 2 is 1.78 bits per heavy atom. The number of benzene rings is 2. The molecule has 32 heavy (non-hydrogen) atoms. The van der Waals surface area contributed by atoms with E-state index in [1.54, 1.807) is 36.6 Å². The summed E-state index contributed by atoms with van der Waals surface area (Å²) < 4.78 is 5.39. The molecular formula is C22H22N4O5S. The van der Waals surface area contributed by atoms with Gasteiger partial charge in [0, 0.05) is 17.6 Å². The molecule has 1 unspecified atom stereocenters. The number of carbonyl (C=O) groups is 3. The summed E-state index contributed by atoms with van der Waals surface area (Å²) in [6.07, 6.45) is -0.598. The van der Waals surface area contributed by atoms with Crippen molar-refractivity contribution in [1.82, 2.24) is 10.3 Å². The van der Waals surface area contributed by atoms with E-state index in [-0.39, 0.29) is 5.69 Å². The van der Waals surface area contributed by atoms with Crippen LogP contribution in [0.25, 0.3) is 0 Å². The normalized spacial score (nSPS) is 11.3. The number of ether oxygens (including phenoxy) is 1. The fourth-order valence-electron chi connectivity index (χ4n) is 2.64. The van der Waals surface area contributed by atoms with Gasteiger partial charge in [0.1, 0.15) is 11.4 Å². The fraction of sp³-hybridized carbons (Fsp3) is 0.182. The van der Waals surface area contributed by atoms with E-state index < -0.39 is 24.0 Å². The predicted molar refractivity (Wildman–Crippen MR) is 121 cm³/mol. The largest absolute Gasteiger partial charge is 0.479 e. The molecule has 3 aromatic rings. The maximum atomic E-state index is 12.4. The Labute approximate surface area is 188 Å². The summed E-state index contributed by atoms with van der Waals surface area (Å²) in [7, 11) is 0. The van der Waals surface area contributed by atoms with Gasteiger partial charge in [-0.1, -0.05) is 37.3 Å². The smallest absolute Gasteiger partial charge is 0.344 e. The van der Waals surface area contributed by atoms with Crippen LogP contribution in [0.15, 0.2) is 60.0 Å². The molecular weight excluding hydrogens is 432 g/mol. The van der Waals surface area contributed by atoms with E-state index in [1.807, 2.05) is 30.3 Å². The summed E-state index contributed by atoms with van der Waals surface area (Å²) in [5.41, 5.74) is 1.62. The van der Waals surface area contributed by atoms with Crippen molar-refractivity contribution in [3.8, 4) is 5.75 Å².